The Labute approximate surface area is 77.3 Å². The number of nitrogens with one attached hydrogen (secondary N) is 1. The molecule has 0 saturated carbocycles. The Morgan fingerprint density at radius 3 is 2.08 bits per heavy atom. The van der Waals surface area contributed by atoms with Crippen LogP contribution in [0, 0.1) is 5.92 Å². The predicted molar refractivity (Wildman–Crippen MR) is 48.1 cm³/mol. The highest BCUT2D eigenvalue weighted by molar-refractivity contribution is 5.79. The normalized spacial score (nSPS) is 17.5. The van der Waals surface area contributed by atoms with E-state index in [9.17, 15) is 9.59 Å². The number of primary amides is 1. The van der Waals surface area contributed by atoms with Gasteiger partial charge in [0.1, 0.15) is 0 Å². The smallest absolute Gasteiger partial charge is 0.307 e. The van der Waals surface area contributed by atoms with Crippen LogP contribution in [-0.2, 0) is 9.59 Å². The quantitative estimate of drug-likeness (QED) is 0.545. The van der Waals surface area contributed by atoms with Crippen molar-refractivity contribution < 1.29 is 14.7 Å². The van der Waals surface area contributed by atoms with Crippen molar-refractivity contribution >= 4 is 11.9 Å². The van der Waals surface area contributed by atoms with E-state index in [-0.39, 0.29) is 6.04 Å². The Morgan fingerprint density at radius 2 is 1.77 bits per heavy atom. The fourth-order valence-corrected chi connectivity index (χ4v) is 0.835. The highest BCUT2D eigenvalue weighted by Gasteiger charge is 2.21. The first-order valence-corrected chi connectivity index (χ1v) is 4.14. The molecule has 5 heteroatoms. The average Bonchev–Trinajstić information content (AvgIpc) is 2.02. The number of carbonyl (C=O) groups excluding carboxylic acids is 1. The Kier molecular flexibility index (Phi) is 4.40. The molecule has 1 amide bonds. The Hall–Kier alpha value is -1.10. The summed E-state index contributed by atoms with van der Waals surface area (Å²) < 4.78 is 0. The van der Waals surface area contributed by atoms with Gasteiger partial charge >= 0.3 is 5.97 Å². The first kappa shape index (κ1) is 11.9. The molecule has 0 spiro atoms. The number of carboxylic acids is 1. The largest absolute Gasteiger partial charge is 0.481 e. The molecule has 0 aliphatic rings. The third kappa shape index (κ3) is 3.89. The second-order valence-electron chi connectivity index (χ2n) is 3.21. The number of rotatable bonds is 5. The monoisotopic (exact) mass is 188 g/mol. The van der Waals surface area contributed by atoms with Gasteiger partial charge in [0.05, 0.1) is 12.0 Å². The van der Waals surface area contributed by atoms with Gasteiger partial charge < -0.3 is 16.2 Å². The fraction of sp³-hybridized carbons (Fsp3) is 0.750. The van der Waals surface area contributed by atoms with E-state index in [1.54, 1.807) is 20.8 Å². The number of hydrogen-bond donors (Lipinski definition) is 3. The summed E-state index contributed by atoms with van der Waals surface area (Å²) in [7, 11) is 0. The van der Waals surface area contributed by atoms with Crippen LogP contribution in [0.5, 0.6) is 0 Å². The molecular formula is C8H16N2O3. The van der Waals surface area contributed by atoms with E-state index < -0.39 is 23.8 Å². The molecule has 0 heterocycles. The van der Waals surface area contributed by atoms with Gasteiger partial charge in [-0.3, -0.25) is 9.59 Å². The van der Waals surface area contributed by atoms with Gasteiger partial charge in [-0.25, -0.2) is 0 Å². The summed E-state index contributed by atoms with van der Waals surface area (Å²) in [4.78, 5) is 21.2. The van der Waals surface area contributed by atoms with E-state index in [2.05, 4.69) is 5.32 Å². The second kappa shape index (κ2) is 4.81. The van der Waals surface area contributed by atoms with Gasteiger partial charge in [-0.2, -0.15) is 0 Å². The molecular weight excluding hydrogens is 172 g/mol. The summed E-state index contributed by atoms with van der Waals surface area (Å²) in [5.74, 6) is -1.91. The highest BCUT2D eigenvalue weighted by Crippen LogP contribution is 2.02. The van der Waals surface area contributed by atoms with Gasteiger partial charge in [0.25, 0.3) is 0 Å². The third-order valence-electron chi connectivity index (χ3n) is 2.08. The summed E-state index contributed by atoms with van der Waals surface area (Å²) in [6, 6.07) is -0.781. The van der Waals surface area contributed by atoms with E-state index in [0.29, 0.717) is 0 Å². The Bertz CT molecular complexity index is 206. The number of hydrogen-bond acceptors (Lipinski definition) is 3. The SMILES string of the molecule is CC(NC(C)C(C)C(=O)O)C(N)=O. The first-order chi connectivity index (χ1) is 5.86. The molecule has 0 rings (SSSR count). The molecule has 3 unspecified atom stereocenters. The number of carboxylic acid groups (broad SMARTS) is 1. The molecule has 0 aliphatic heterocycles. The zero-order valence-electron chi connectivity index (χ0n) is 8.07. The molecule has 0 radical (unpaired) electrons. The van der Waals surface area contributed by atoms with E-state index >= 15 is 0 Å². The number of nitrogens with two attached hydrogens (primary N) is 1. The van der Waals surface area contributed by atoms with Crippen LogP contribution in [0.15, 0.2) is 0 Å². The van der Waals surface area contributed by atoms with E-state index in [1.165, 1.54) is 0 Å². The summed E-state index contributed by atoms with van der Waals surface area (Å²) >= 11 is 0. The zero-order valence-corrected chi connectivity index (χ0v) is 8.07. The lowest BCUT2D eigenvalue weighted by Crippen LogP contribution is -2.47. The maximum atomic E-state index is 10.6. The average molecular weight is 188 g/mol. The molecule has 76 valence electrons. The maximum Gasteiger partial charge on any atom is 0.307 e. The molecule has 3 atom stereocenters. The first-order valence-electron chi connectivity index (χ1n) is 4.14. The van der Waals surface area contributed by atoms with Crippen molar-refractivity contribution in [3.8, 4) is 0 Å². The van der Waals surface area contributed by atoms with Gasteiger partial charge in [-0.1, -0.05) is 6.92 Å². The molecule has 13 heavy (non-hydrogen) atoms. The Morgan fingerprint density at radius 1 is 1.31 bits per heavy atom. The summed E-state index contributed by atoms with van der Waals surface area (Å²) in [6.07, 6.45) is 0. The summed E-state index contributed by atoms with van der Waals surface area (Å²) in [5, 5.41) is 11.5. The van der Waals surface area contributed by atoms with E-state index in [1.807, 2.05) is 0 Å². The number of carbonyl (C=O) groups is 2. The van der Waals surface area contributed by atoms with E-state index in [4.69, 9.17) is 10.8 Å². The van der Waals surface area contributed by atoms with Crippen molar-refractivity contribution in [1.29, 1.82) is 0 Å². The molecule has 0 aliphatic carbocycles. The molecule has 0 aromatic rings. The zero-order chi connectivity index (χ0) is 10.6. The van der Waals surface area contributed by atoms with Crippen LogP contribution in [0.2, 0.25) is 0 Å². The van der Waals surface area contributed by atoms with Crippen molar-refractivity contribution in [1.82, 2.24) is 5.32 Å². The minimum Gasteiger partial charge on any atom is -0.481 e. The van der Waals surface area contributed by atoms with Crippen molar-refractivity contribution in [3.63, 3.8) is 0 Å². The molecule has 0 saturated heterocycles. The molecule has 0 fully saturated rings. The van der Waals surface area contributed by atoms with Gasteiger partial charge in [-0.05, 0) is 13.8 Å². The van der Waals surface area contributed by atoms with Crippen LogP contribution in [0.4, 0.5) is 0 Å². The van der Waals surface area contributed by atoms with Crippen molar-refractivity contribution in [3.05, 3.63) is 0 Å². The fourth-order valence-electron chi connectivity index (χ4n) is 0.835. The number of amides is 1. The molecule has 0 bridgehead atoms. The Balaban J connectivity index is 4.06. The van der Waals surface area contributed by atoms with Gasteiger partial charge in [-0.15, -0.1) is 0 Å². The maximum absolute atomic E-state index is 10.6. The van der Waals surface area contributed by atoms with Crippen LogP contribution in [0.3, 0.4) is 0 Å². The van der Waals surface area contributed by atoms with Crippen molar-refractivity contribution in [2.75, 3.05) is 0 Å². The number of aliphatic carboxylic acids is 1. The predicted octanol–water partition coefficient (Wildman–Crippen LogP) is -0.441. The molecule has 4 N–H and O–H groups in total. The molecule has 0 aromatic carbocycles. The van der Waals surface area contributed by atoms with Gasteiger partial charge in [0, 0.05) is 6.04 Å². The minimum absolute atomic E-state index is 0.278. The minimum atomic E-state index is -0.892. The molecule has 5 nitrogen and oxygen atoms in total. The topological polar surface area (TPSA) is 92.4 Å². The highest BCUT2D eigenvalue weighted by atomic mass is 16.4. The van der Waals surface area contributed by atoms with Crippen molar-refractivity contribution in [2.24, 2.45) is 11.7 Å². The second-order valence-corrected chi connectivity index (χ2v) is 3.21. The van der Waals surface area contributed by atoms with E-state index in [0.717, 1.165) is 0 Å². The van der Waals surface area contributed by atoms with Gasteiger partial charge in [0.2, 0.25) is 5.91 Å². The third-order valence-corrected chi connectivity index (χ3v) is 2.08. The van der Waals surface area contributed by atoms with Crippen LogP contribution >= 0.6 is 0 Å². The van der Waals surface area contributed by atoms with Crippen LogP contribution in [0.1, 0.15) is 20.8 Å². The lowest BCUT2D eigenvalue weighted by atomic mass is 10.0. The molecule has 0 aromatic heterocycles. The lowest BCUT2D eigenvalue weighted by Gasteiger charge is -2.20. The standard InChI is InChI=1S/C8H16N2O3/c1-4(8(12)13)5(2)10-6(3)7(9)11/h4-6,10H,1-3H3,(H2,9,11)(H,12,13). The summed E-state index contributed by atoms with van der Waals surface area (Å²) in [5.41, 5.74) is 5.01. The summed E-state index contributed by atoms with van der Waals surface area (Å²) in [6.45, 7) is 4.89. The van der Waals surface area contributed by atoms with Crippen LogP contribution < -0.4 is 11.1 Å². The van der Waals surface area contributed by atoms with Crippen LogP contribution in [-0.4, -0.2) is 29.1 Å². The lowest BCUT2D eigenvalue weighted by molar-refractivity contribution is -0.142. The van der Waals surface area contributed by atoms with Crippen LogP contribution in [0.25, 0.3) is 0 Å². The van der Waals surface area contributed by atoms with Crippen molar-refractivity contribution in [2.45, 2.75) is 32.9 Å². The van der Waals surface area contributed by atoms with Gasteiger partial charge in [0.15, 0.2) is 0 Å².